The van der Waals surface area contributed by atoms with Gasteiger partial charge in [-0.2, -0.15) is 0 Å². The fourth-order valence-corrected chi connectivity index (χ4v) is 2.79. The van der Waals surface area contributed by atoms with Gasteiger partial charge in [0, 0.05) is 36.0 Å². The lowest BCUT2D eigenvalue weighted by atomic mass is 10.1. The molecule has 0 heterocycles. The summed E-state index contributed by atoms with van der Waals surface area (Å²) < 4.78 is 13.0. The van der Waals surface area contributed by atoms with Crippen LogP contribution >= 0.6 is 0 Å². The van der Waals surface area contributed by atoms with E-state index in [1.165, 1.54) is 24.3 Å². The number of halogens is 1. The SMILES string of the molecule is CNC(=O)c1cccc(CNC(=O)c2cccc(NC(=O)c3ccc(F)cc3)c2)c1. The maximum Gasteiger partial charge on any atom is 0.255 e. The van der Waals surface area contributed by atoms with Gasteiger partial charge in [0.2, 0.25) is 0 Å². The van der Waals surface area contributed by atoms with Crippen molar-refractivity contribution < 1.29 is 18.8 Å². The number of nitrogens with one attached hydrogen (secondary N) is 3. The molecule has 0 bridgehead atoms. The molecule has 6 nitrogen and oxygen atoms in total. The number of benzene rings is 3. The fraction of sp³-hybridized carbons (Fsp3) is 0.0870. The zero-order valence-electron chi connectivity index (χ0n) is 16.2. The van der Waals surface area contributed by atoms with Crippen LogP contribution in [0, 0.1) is 5.82 Å². The maximum absolute atomic E-state index is 13.0. The molecule has 3 amide bonds. The van der Waals surface area contributed by atoms with Gasteiger partial charge in [0.25, 0.3) is 17.7 Å². The molecule has 152 valence electrons. The summed E-state index contributed by atoms with van der Waals surface area (Å²) in [7, 11) is 1.55. The van der Waals surface area contributed by atoms with Crippen LogP contribution < -0.4 is 16.0 Å². The Hall–Kier alpha value is -4.00. The molecule has 3 rings (SSSR count). The Kier molecular flexibility index (Phi) is 6.54. The van der Waals surface area contributed by atoms with Crippen LogP contribution in [0.15, 0.2) is 72.8 Å². The Labute approximate surface area is 173 Å². The highest BCUT2D eigenvalue weighted by Gasteiger charge is 2.10. The molecule has 0 unspecified atom stereocenters. The minimum Gasteiger partial charge on any atom is -0.355 e. The summed E-state index contributed by atoms with van der Waals surface area (Å²) in [6, 6.07) is 18.6. The van der Waals surface area contributed by atoms with E-state index in [0.717, 1.165) is 5.56 Å². The smallest absolute Gasteiger partial charge is 0.255 e. The van der Waals surface area contributed by atoms with Gasteiger partial charge in [-0.1, -0.05) is 18.2 Å². The molecule has 30 heavy (non-hydrogen) atoms. The minimum atomic E-state index is -0.425. The molecule has 0 aliphatic rings. The second kappa shape index (κ2) is 9.47. The van der Waals surface area contributed by atoms with E-state index in [-0.39, 0.29) is 18.4 Å². The van der Waals surface area contributed by atoms with Crippen molar-refractivity contribution in [3.8, 4) is 0 Å². The molecule has 0 aromatic heterocycles. The third kappa shape index (κ3) is 5.29. The van der Waals surface area contributed by atoms with Crippen molar-refractivity contribution in [2.45, 2.75) is 6.54 Å². The van der Waals surface area contributed by atoms with E-state index in [9.17, 15) is 18.8 Å². The number of hydrogen-bond donors (Lipinski definition) is 3. The van der Waals surface area contributed by atoms with Crippen molar-refractivity contribution in [1.82, 2.24) is 10.6 Å². The summed E-state index contributed by atoms with van der Waals surface area (Å²) in [5.41, 5.74) is 2.41. The van der Waals surface area contributed by atoms with Crippen LogP contribution in [0.3, 0.4) is 0 Å². The Morgan fingerprint density at radius 2 is 1.43 bits per heavy atom. The van der Waals surface area contributed by atoms with E-state index >= 15 is 0 Å². The van der Waals surface area contributed by atoms with Crippen LogP contribution in [0.4, 0.5) is 10.1 Å². The van der Waals surface area contributed by atoms with Gasteiger partial charge in [0.05, 0.1) is 0 Å². The maximum atomic E-state index is 13.0. The van der Waals surface area contributed by atoms with Crippen molar-refractivity contribution in [2.75, 3.05) is 12.4 Å². The first-order chi connectivity index (χ1) is 14.5. The van der Waals surface area contributed by atoms with E-state index in [0.29, 0.717) is 22.4 Å². The monoisotopic (exact) mass is 405 g/mol. The first-order valence-electron chi connectivity index (χ1n) is 9.22. The van der Waals surface area contributed by atoms with Gasteiger partial charge in [0.15, 0.2) is 0 Å². The van der Waals surface area contributed by atoms with Gasteiger partial charge in [-0.15, -0.1) is 0 Å². The van der Waals surface area contributed by atoms with Crippen molar-refractivity contribution in [3.63, 3.8) is 0 Å². The van der Waals surface area contributed by atoms with Gasteiger partial charge in [0.1, 0.15) is 5.82 Å². The molecule has 0 radical (unpaired) electrons. The van der Waals surface area contributed by atoms with E-state index in [1.54, 1.807) is 49.5 Å². The summed E-state index contributed by atoms with van der Waals surface area (Å²) in [6.45, 7) is 0.246. The summed E-state index contributed by atoms with van der Waals surface area (Å²) in [4.78, 5) is 36.5. The lowest BCUT2D eigenvalue weighted by molar-refractivity contribution is 0.0948. The molecule has 0 spiro atoms. The fourth-order valence-electron chi connectivity index (χ4n) is 2.79. The lowest BCUT2D eigenvalue weighted by Crippen LogP contribution is -2.23. The largest absolute Gasteiger partial charge is 0.355 e. The van der Waals surface area contributed by atoms with Crippen molar-refractivity contribution in [3.05, 3.63) is 101 Å². The zero-order valence-corrected chi connectivity index (χ0v) is 16.2. The van der Waals surface area contributed by atoms with Crippen LogP contribution in [0.1, 0.15) is 36.6 Å². The van der Waals surface area contributed by atoms with Crippen LogP contribution in [0.2, 0.25) is 0 Å². The normalized spacial score (nSPS) is 10.2. The van der Waals surface area contributed by atoms with Crippen LogP contribution in [0.5, 0.6) is 0 Å². The first kappa shape index (κ1) is 20.7. The van der Waals surface area contributed by atoms with Crippen molar-refractivity contribution >= 4 is 23.4 Å². The van der Waals surface area contributed by atoms with Gasteiger partial charge in [-0.25, -0.2) is 4.39 Å². The third-order valence-electron chi connectivity index (χ3n) is 4.36. The number of hydrogen-bond acceptors (Lipinski definition) is 3. The Balaban J connectivity index is 1.64. The Morgan fingerprint density at radius 3 is 2.13 bits per heavy atom. The molecular weight excluding hydrogens is 385 g/mol. The van der Waals surface area contributed by atoms with Gasteiger partial charge >= 0.3 is 0 Å². The second-order valence-electron chi connectivity index (χ2n) is 6.50. The van der Waals surface area contributed by atoms with Crippen LogP contribution in [-0.4, -0.2) is 24.8 Å². The standard InChI is InChI=1S/C23H20FN3O3/c1-25-21(28)17-5-2-4-15(12-17)14-26-22(29)18-6-3-7-20(13-18)27-23(30)16-8-10-19(24)11-9-16/h2-13H,14H2,1H3,(H,25,28)(H,26,29)(H,27,30). The van der Waals surface area contributed by atoms with Crippen LogP contribution in [-0.2, 0) is 6.54 Å². The van der Waals surface area contributed by atoms with E-state index < -0.39 is 11.7 Å². The summed E-state index contributed by atoms with van der Waals surface area (Å²) in [5, 5.41) is 8.04. The first-order valence-corrected chi connectivity index (χ1v) is 9.22. The molecule has 7 heteroatoms. The highest BCUT2D eigenvalue weighted by Crippen LogP contribution is 2.13. The lowest BCUT2D eigenvalue weighted by Gasteiger charge is -2.09. The molecule has 0 saturated heterocycles. The molecule has 3 N–H and O–H groups in total. The summed E-state index contributed by atoms with van der Waals surface area (Å²) in [5.74, 6) is -1.35. The predicted octanol–water partition coefficient (Wildman–Crippen LogP) is 3.37. The molecule has 0 aliphatic carbocycles. The van der Waals surface area contributed by atoms with Gasteiger partial charge in [-0.3, -0.25) is 14.4 Å². The van der Waals surface area contributed by atoms with E-state index in [4.69, 9.17) is 0 Å². The highest BCUT2D eigenvalue weighted by atomic mass is 19.1. The molecule has 3 aromatic rings. The second-order valence-corrected chi connectivity index (χ2v) is 6.50. The molecule has 0 atom stereocenters. The Bertz CT molecular complexity index is 1080. The van der Waals surface area contributed by atoms with E-state index in [1.807, 2.05) is 6.07 Å². The van der Waals surface area contributed by atoms with E-state index in [2.05, 4.69) is 16.0 Å². The molecule has 0 fully saturated rings. The molecule has 3 aromatic carbocycles. The highest BCUT2D eigenvalue weighted by molar-refractivity contribution is 6.05. The predicted molar refractivity (Wildman–Crippen MR) is 112 cm³/mol. The average Bonchev–Trinajstić information content (AvgIpc) is 2.77. The number of carbonyl (C=O) groups is 3. The third-order valence-corrected chi connectivity index (χ3v) is 4.36. The average molecular weight is 405 g/mol. The summed E-state index contributed by atoms with van der Waals surface area (Å²) >= 11 is 0. The molecular formula is C23H20FN3O3. The van der Waals surface area contributed by atoms with Gasteiger partial charge < -0.3 is 16.0 Å². The minimum absolute atomic E-state index is 0.201. The van der Waals surface area contributed by atoms with Gasteiger partial charge in [-0.05, 0) is 60.2 Å². The van der Waals surface area contributed by atoms with Crippen molar-refractivity contribution in [2.24, 2.45) is 0 Å². The number of carbonyl (C=O) groups excluding carboxylic acids is 3. The number of anilines is 1. The summed E-state index contributed by atoms with van der Waals surface area (Å²) in [6.07, 6.45) is 0. The van der Waals surface area contributed by atoms with Crippen molar-refractivity contribution in [1.29, 1.82) is 0 Å². The quantitative estimate of drug-likeness (QED) is 0.588. The van der Waals surface area contributed by atoms with Crippen LogP contribution in [0.25, 0.3) is 0 Å². The zero-order chi connectivity index (χ0) is 21.5. The molecule has 0 saturated carbocycles. The molecule has 0 aliphatic heterocycles. The Morgan fingerprint density at radius 1 is 0.767 bits per heavy atom. The number of rotatable bonds is 6. The number of amides is 3. The topological polar surface area (TPSA) is 87.3 Å².